The van der Waals surface area contributed by atoms with Crippen molar-refractivity contribution in [3.05, 3.63) is 59.4 Å². The molecule has 34 heavy (non-hydrogen) atoms. The van der Waals surface area contributed by atoms with Gasteiger partial charge in [-0.15, -0.1) is 0 Å². The molecule has 1 fully saturated rings. The van der Waals surface area contributed by atoms with Crippen LogP contribution in [0.25, 0.3) is 10.9 Å². The van der Waals surface area contributed by atoms with Gasteiger partial charge in [-0.25, -0.2) is 9.97 Å². The van der Waals surface area contributed by atoms with Crippen LogP contribution in [0.5, 0.6) is 5.75 Å². The van der Waals surface area contributed by atoms with Gasteiger partial charge < -0.3 is 19.7 Å². The van der Waals surface area contributed by atoms with Crippen LogP contribution in [0, 0.1) is 6.92 Å². The van der Waals surface area contributed by atoms with E-state index < -0.39 is 0 Å². The van der Waals surface area contributed by atoms with E-state index in [4.69, 9.17) is 19.4 Å². The lowest BCUT2D eigenvalue weighted by Gasteiger charge is -2.34. The molecule has 4 rings (SSSR count). The van der Waals surface area contributed by atoms with Gasteiger partial charge in [0.1, 0.15) is 17.4 Å². The molecule has 2 aromatic carbocycles. The van der Waals surface area contributed by atoms with Gasteiger partial charge >= 0.3 is 0 Å². The Morgan fingerprint density at radius 2 is 1.88 bits per heavy atom. The summed E-state index contributed by atoms with van der Waals surface area (Å²) >= 11 is 0. The molecule has 0 saturated carbocycles. The molecule has 8 nitrogen and oxygen atoms in total. The maximum atomic E-state index is 12.9. The van der Waals surface area contributed by atoms with E-state index in [-0.39, 0.29) is 5.91 Å². The van der Waals surface area contributed by atoms with Gasteiger partial charge in [-0.2, -0.15) is 0 Å². The number of hydrogen-bond donors (Lipinski definition) is 1. The van der Waals surface area contributed by atoms with Crippen molar-refractivity contribution in [2.45, 2.75) is 19.9 Å². The van der Waals surface area contributed by atoms with Crippen molar-refractivity contribution in [3.63, 3.8) is 0 Å². The summed E-state index contributed by atoms with van der Waals surface area (Å²) in [5.74, 6) is 2.39. The van der Waals surface area contributed by atoms with Crippen molar-refractivity contribution >= 4 is 22.6 Å². The summed E-state index contributed by atoms with van der Waals surface area (Å²) in [5.41, 5.74) is 2.78. The fourth-order valence-electron chi connectivity index (χ4n) is 4.17. The number of methoxy groups -OCH3 is 2. The number of anilines is 1. The second kappa shape index (κ2) is 11.3. The zero-order chi connectivity index (χ0) is 23.9. The highest BCUT2D eigenvalue weighted by molar-refractivity contribution is 5.94. The number of rotatable bonds is 9. The molecule has 0 atom stereocenters. The van der Waals surface area contributed by atoms with Gasteiger partial charge in [0, 0.05) is 57.4 Å². The predicted molar refractivity (Wildman–Crippen MR) is 133 cm³/mol. The van der Waals surface area contributed by atoms with Crippen LogP contribution < -0.4 is 10.1 Å². The number of fused-ring (bicyclic) bond motifs is 1. The molecule has 2 heterocycles. The zero-order valence-corrected chi connectivity index (χ0v) is 20.2. The van der Waals surface area contributed by atoms with Crippen LogP contribution in [0.1, 0.15) is 28.2 Å². The van der Waals surface area contributed by atoms with E-state index >= 15 is 0 Å². The van der Waals surface area contributed by atoms with E-state index in [0.717, 1.165) is 48.6 Å². The second-order valence-corrected chi connectivity index (χ2v) is 8.58. The monoisotopic (exact) mass is 463 g/mol. The lowest BCUT2D eigenvalue weighted by molar-refractivity contribution is 0.0625. The third-order valence-electron chi connectivity index (χ3n) is 6.06. The Kier molecular flexibility index (Phi) is 7.92. The molecular formula is C26H33N5O3. The van der Waals surface area contributed by atoms with Crippen molar-refractivity contribution in [1.29, 1.82) is 0 Å². The molecule has 1 amide bonds. The Hall–Kier alpha value is -3.23. The van der Waals surface area contributed by atoms with Gasteiger partial charge in [-0.1, -0.05) is 17.7 Å². The molecule has 0 spiro atoms. The van der Waals surface area contributed by atoms with Crippen LogP contribution in [-0.4, -0.2) is 79.2 Å². The Morgan fingerprint density at radius 3 is 2.65 bits per heavy atom. The summed E-state index contributed by atoms with van der Waals surface area (Å²) in [5, 5.41) is 4.50. The predicted octanol–water partition coefficient (Wildman–Crippen LogP) is 3.35. The number of hydrogen-bond acceptors (Lipinski definition) is 7. The molecule has 1 aliphatic heterocycles. The first kappa shape index (κ1) is 23.9. The van der Waals surface area contributed by atoms with Crippen molar-refractivity contribution in [3.8, 4) is 5.75 Å². The Balaban J connectivity index is 1.41. The van der Waals surface area contributed by atoms with E-state index in [1.807, 2.05) is 23.1 Å². The number of aromatic nitrogens is 2. The lowest BCUT2D eigenvalue weighted by Crippen LogP contribution is -2.48. The number of carbonyl (C=O) groups excluding carboxylic acids is 1. The van der Waals surface area contributed by atoms with Crippen molar-refractivity contribution in [2.75, 3.05) is 58.9 Å². The third kappa shape index (κ3) is 5.81. The van der Waals surface area contributed by atoms with Gasteiger partial charge in [0.15, 0.2) is 0 Å². The average Bonchev–Trinajstić information content (AvgIpc) is 2.87. The topological polar surface area (TPSA) is 79.8 Å². The molecule has 3 aromatic rings. The first-order chi connectivity index (χ1) is 16.6. The molecular weight excluding hydrogens is 430 g/mol. The number of aryl methyl sites for hydroxylation is 1. The normalized spacial score (nSPS) is 14.4. The average molecular weight is 464 g/mol. The fraction of sp³-hybridized carbons (Fsp3) is 0.423. The van der Waals surface area contributed by atoms with Gasteiger partial charge in [0.05, 0.1) is 19.2 Å². The molecule has 0 radical (unpaired) electrons. The lowest BCUT2D eigenvalue weighted by atomic mass is 10.1. The Labute approximate surface area is 200 Å². The minimum atomic E-state index is 0.0402. The van der Waals surface area contributed by atoms with E-state index in [2.05, 4.69) is 35.3 Å². The summed E-state index contributed by atoms with van der Waals surface area (Å²) in [6.45, 7) is 7.13. The van der Waals surface area contributed by atoms with Crippen LogP contribution in [0.2, 0.25) is 0 Å². The third-order valence-corrected chi connectivity index (χ3v) is 6.06. The summed E-state index contributed by atoms with van der Waals surface area (Å²) in [6.07, 6.45) is 0.909. The second-order valence-electron chi connectivity index (χ2n) is 8.58. The van der Waals surface area contributed by atoms with E-state index in [1.165, 1.54) is 5.56 Å². The maximum absolute atomic E-state index is 12.9. The zero-order valence-electron chi connectivity index (χ0n) is 20.2. The molecule has 1 aromatic heterocycles. The fourth-order valence-corrected chi connectivity index (χ4v) is 4.17. The van der Waals surface area contributed by atoms with Gasteiger partial charge in [-0.05, 0) is 43.7 Å². The summed E-state index contributed by atoms with van der Waals surface area (Å²) < 4.78 is 10.4. The standard InChI is InChI=1S/C26H33N5O3/c1-19-8-9-23-22(16-19)25(27-10-5-15-33-2)29-24(28-23)18-30-11-13-31(14-12-30)26(32)20-6-4-7-21(17-20)34-3/h4,6-9,16-17H,5,10-15,18H2,1-3H3,(H,27,28,29). The highest BCUT2D eigenvalue weighted by Crippen LogP contribution is 2.23. The van der Waals surface area contributed by atoms with Crippen LogP contribution in [0.4, 0.5) is 5.82 Å². The quantitative estimate of drug-likeness (QED) is 0.488. The highest BCUT2D eigenvalue weighted by atomic mass is 16.5. The Bertz CT molecular complexity index is 1130. The number of nitrogens with zero attached hydrogens (tertiary/aromatic N) is 4. The molecule has 1 saturated heterocycles. The van der Waals surface area contributed by atoms with Gasteiger partial charge in [-0.3, -0.25) is 9.69 Å². The van der Waals surface area contributed by atoms with Crippen LogP contribution in [0.15, 0.2) is 42.5 Å². The number of piperazine rings is 1. The molecule has 180 valence electrons. The largest absolute Gasteiger partial charge is 0.497 e. The summed E-state index contributed by atoms with van der Waals surface area (Å²) in [7, 11) is 3.32. The van der Waals surface area contributed by atoms with Crippen LogP contribution in [-0.2, 0) is 11.3 Å². The van der Waals surface area contributed by atoms with Crippen LogP contribution >= 0.6 is 0 Å². The highest BCUT2D eigenvalue weighted by Gasteiger charge is 2.23. The Morgan fingerprint density at radius 1 is 1.06 bits per heavy atom. The van der Waals surface area contributed by atoms with Crippen LogP contribution in [0.3, 0.4) is 0 Å². The molecule has 8 heteroatoms. The number of amides is 1. The van der Waals surface area contributed by atoms with Gasteiger partial charge in [0.25, 0.3) is 5.91 Å². The van der Waals surface area contributed by atoms with E-state index in [1.54, 1.807) is 20.3 Å². The van der Waals surface area contributed by atoms with Crippen molar-refractivity contribution in [2.24, 2.45) is 0 Å². The number of ether oxygens (including phenoxy) is 2. The molecule has 0 bridgehead atoms. The number of nitrogens with one attached hydrogen (secondary N) is 1. The van der Waals surface area contributed by atoms with Crippen molar-refractivity contribution < 1.29 is 14.3 Å². The molecule has 1 N–H and O–H groups in total. The summed E-state index contributed by atoms with van der Waals surface area (Å²) in [6, 6.07) is 13.6. The SMILES string of the molecule is COCCCNc1nc(CN2CCN(C(=O)c3cccc(OC)c3)CC2)nc2ccc(C)cc12. The maximum Gasteiger partial charge on any atom is 0.254 e. The number of benzene rings is 2. The summed E-state index contributed by atoms with van der Waals surface area (Å²) in [4.78, 5) is 26.8. The smallest absolute Gasteiger partial charge is 0.254 e. The number of carbonyl (C=O) groups is 1. The van der Waals surface area contributed by atoms with E-state index in [0.29, 0.717) is 37.6 Å². The minimum Gasteiger partial charge on any atom is -0.497 e. The van der Waals surface area contributed by atoms with Gasteiger partial charge in [0.2, 0.25) is 0 Å². The molecule has 0 unspecified atom stereocenters. The minimum absolute atomic E-state index is 0.0402. The first-order valence-corrected chi connectivity index (χ1v) is 11.7. The molecule has 0 aliphatic carbocycles. The molecule has 1 aliphatic rings. The van der Waals surface area contributed by atoms with Crippen molar-refractivity contribution in [1.82, 2.24) is 19.8 Å². The first-order valence-electron chi connectivity index (χ1n) is 11.7. The van der Waals surface area contributed by atoms with E-state index in [9.17, 15) is 4.79 Å².